The summed E-state index contributed by atoms with van der Waals surface area (Å²) in [7, 11) is -3.21. The Bertz CT molecular complexity index is 448. The van der Waals surface area contributed by atoms with Gasteiger partial charge in [-0.15, -0.1) is 6.58 Å². The van der Waals surface area contributed by atoms with E-state index in [4.69, 9.17) is 0 Å². The van der Waals surface area contributed by atoms with Crippen LogP contribution in [0.15, 0.2) is 36.9 Å². The molecule has 1 N–H and O–H groups in total. The lowest BCUT2D eigenvalue weighted by Crippen LogP contribution is -2.22. The average Bonchev–Trinajstić information content (AvgIpc) is 2.53. The Kier molecular flexibility index (Phi) is 18.8. The first-order valence-electron chi connectivity index (χ1n) is 8.02. The molecular weight excluding hydrogens is 294 g/mol. The Hall–Kier alpha value is -1.29. The van der Waals surface area contributed by atoms with Crippen molar-refractivity contribution < 1.29 is 8.42 Å². The van der Waals surface area contributed by atoms with E-state index in [1.165, 1.54) is 0 Å². The number of aryl methyl sites for hydroxylation is 1. The van der Waals surface area contributed by atoms with Crippen LogP contribution in [-0.2, 0) is 10.0 Å². The van der Waals surface area contributed by atoms with Gasteiger partial charge in [-0.2, -0.15) is 0 Å². The Labute approximate surface area is 138 Å². The van der Waals surface area contributed by atoms with Crippen molar-refractivity contribution in [1.82, 2.24) is 0 Å². The Morgan fingerprint density at radius 1 is 1.09 bits per heavy atom. The zero-order valence-electron chi connectivity index (χ0n) is 15.6. The van der Waals surface area contributed by atoms with Gasteiger partial charge in [-0.1, -0.05) is 58.4 Å². The van der Waals surface area contributed by atoms with Gasteiger partial charge in [0.15, 0.2) is 0 Å². The van der Waals surface area contributed by atoms with Crippen LogP contribution in [0.5, 0.6) is 0 Å². The summed E-state index contributed by atoms with van der Waals surface area (Å²) in [5, 5.41) is -0.413. The van der Waals surface area contributed by atoms with Crippen molar-refractivity contribution in [2.45, 2.75) is 67.1 Å². The van der Waals surface area contributed by atoms with E-state index in [1.807, 2.05) is 52.8 Å². The van der Waals surface area contributed by atoms with E-state index in [2.05, 4.69) is 18.2 Å². The molecule has 0 saturated carbocycles. The molecule has 0 unspecified atom stereocenters. The number of anilines is 1. The predicted molar refractivity (Wildman–Crippen MR) is 102 cm³/mol. The summed E-state index contributed by atoms with van der Waals surface area (Å²) in [5.41, 5.74) is 1.72. The fourth-order valence-electron chi connectivity index (χ4n) is 0.904. The summed E-state index contributed by atoms with van der Waals surface area (Å²) in [6, 6.07) is 7.26. The molecule has 0 radical (unpaired) electrons. The van der Waals surface area contributed by atoms with E-state index in [-0.39, 0.29) is 0 Å². The SMILES string of the molecule is C=CCC.CC.CC.Cc1ccc(NS(=O)(=O)C(C)C)cc1. The van der Waals surface area contributed by atoms with Gasteiger partial charge in [0.2, 0.25) is 10.0 Å². The van der Waals surface area contributed by atoms with Crippen molar-refractivity contribution in [3.05, 3.63) is 42.5 Å². The molecule has 0 amide bonds. The molecule has 1 aromatic rings. The number of hydrogen-bond donors (Lipinski definition) is 1. The van der Waals surface area contributed by atoms with Gasteiger partial charge in [-0.05, 0) is 39.3 Å². The maximum atomic E-state index is 11.5. The van der Waals surface area contributed by atoms with E-state index in [9.17, 15) is 8.42 Å². The normalized spacial score (nSPS) is 9.14. The molecule has 130 valence electrons. The first-order chi connectivity index (χ1) is 10.3. The Morgan fingerprint density at radius 3 is 1.73 bits per heavy atom. The largest absolute Gasteiger partial charge is 0.283 e. The molecule has 0 aliphatic carbocycles. The van der Waals surface area contributed by atoms with Crippen LogP contribution in [0.25, 0.3) is 0 Å². The lowest BCUT2D eigenvalue weighted by Gasteiger charge is -2.10. The first kappa shape index (κ1) is 25.7. The van der Waals surface area contributed by atoms with Crippen LogP contribution in [0.4, 0.5) is 5.69 Å². The van der Waals surface area contributed by atoms with Gasteiger partial charge >= 0.3 is 0 Å². The van der Waals surface area contributed by atoms with E-state index in [0.717, 1.165) is 12.0 Å². The molecule has 22 heavy (non-hydrogen) atoms. The minimum atomic E-state index is -3.21. The molecule has 0 atom stereocenters. The summed E-state index contributed by atoms with van der Waals surface area (Å²) in [6.07, 6.45) is 2.96. The van der Waals surface area contributed by atoms with E-state index in [1.54, 1.807) is 26.0 Å². The van der Waals surface area contributed by atoms with Gasteiger partial charge in [0.1, 0.15) is 0 Å². The number of rotatable bonds is 4. The maximum Gasteiger partial charge on any atom is 0.235 e. The molecule has 1 rings (SSSR count). The van der Waals surface area contributed by atoms with Crippen molar-refractivity contribution in [1.29, 1.82) is 0 Å². The topological polar surface area (TPSA) is 46.2 Å². The average molecular weight is 330 g/mol. The standard InChI is InChI=1S/C10H15NO2S.C4H8.2C2H6/c1-8(2)14(12,13)11-10-6-4-9(3)5-7-10;1-3-4-2;2*1-2/h4-8,11H,1-3H3;3H,1,4H2,2H3;2*1-2H3. The molecule has 0 aliphatic rings. The second kappa shape index (κ2) is 16.1. The maximum absolute atomic E-state index is 11.5. The second-order valence-electron chi connectivity index (χ2n) is 4.26. The fourth-order valence-corrected chi connectivity index (χ4v) is 1.60. The lowest BCUT2D eigenvalue weighted by atomic mass is 10.2. The molecule has 0 fully saturated rings. The summed E-state index contributed by atoms with van der Waals surface area (Å²) in [6.45, 7) is 18.8. The molecule has 3 nitrogen and oxygen atoms in total. The summed E-state index contributed by atoms with van der Waals surface area (Å²) in [4.78, 5) is 0. The highest BCUT2D eigenvalue weighted by atomic mass is 32.2. The zero-order valence-corrected chi connectivity index (χ0v) is 16.4. The van der Waals surface area contributed by atoms with Gasteiger partial charge in [0.05, 0.1) is 5.25 Å². The van der Waals surface area contributed by atoms with Gasteiger partial charge in [-0.3, -0.25) is 4.72 Å². The summed E-state index contributed by atoms with van der Waals surface area (Å²) in [5.74, 6) is 0. The monoisotopic (exact) mass is 329 g/mol. The second-order valence-corrected chi connectivity index (χ2v) is 6.50. The Balaban J connectivity index is -0.000000383. The van der Waals surface area contributed by atoms with Crippen LogP contribution in [0.3, 0.4) is 0 Å². The third kappa shape index (κ3) is 13.7. The third-order valence-electron chi connectivity index (χ3n) is 2.22. The van der Waals surface area contributed by atoms with E-state index >= 15 is 0 Å². The highest BCUT2D eigenvalue weighted by Crippen LogP contribution is 2.12. The number of hydrogen-bond acceptors (Lipinski definition) is 2. The van der Waals surface area contributed by atoms with Crippen molar-refractivity contribution in [2.24, 2.45) is 0 Å². The van der Waals surface area contributed by atoms with Crippen LogP contribution in [-0.4, -0.2) is 13.7 Å². The van der Waals surface area contributed by atoms with Crippen LogP contribution < -0.4 is 4.72 Å². The van der Waals surface area contributed by atoms with Crippen molar-refractivity contribution in [2.75, 3.05) is 4.72 Å². The fraction of sp³-hybridized carbons (Fsp3) is 0.556. The van der Waals surface area contributed by atoms with E-state index < -0.39 is 15.3 Å². The quantitative estimate of drug-likeness (QED) is 0.712. The zero-order chi connectivity index (χ0) is 18.2. The molecule has 0 bridgehead atoms. The molecule has 4 heteroatoms. The van der Waals surface area contributed by atoms with Crippen molar-refractivity contribution in [3.8, 4) is 0 Å². The molecule has 0 spiro atoms. The van der Waals surface area contributed by atoms with Crippen LogP contribution in [0, 0.1) is 6.92 Å². The molecule has 1 aromatic carbocycles. The van der Waals surface area contributed by atoms with E-state index in [0.29, 0.717) is 5.69 Å². The lowest BCUT2D eigenvalue weighted by molar-refractivity contribution is 0.593. The molecule has 0 aliphatic heterocycles. The summed E-state index contributed by atoms with van der Waals surface area (Å²) >= 11 is 0. The van der Waals surface area contributed by atoms with Crippen LogP contribution in [0.1, 0.15) is 60.5 Å². The van der Waals surface area contributed by atoms with Gasteiger partial charge < -0.3 is 0 Å². The van der Waals surface area contributed by atoms with Crippen molar-refractivity contribution >= 4 is 15.7 Å². The number of allylic oxidation sites excluding steroid dienone is 1. The third-order valence-corrected chi connectivity index (χ3v) is 3.98. The van der Waals surface area contributed by atoms with Crippen LogP contribution >= 0.6 is 0 Å². The molecule has 0 saturated heterocycles. The predicted octanol–water partition coefficient (Wildman–Crippen LogP) is 5.78. The number of benzene rings is 1. The van der Waals surface area contributed by atoms with Crippen molar-refractivity contribution in [3.63, 3.8) is 0 Å². The highest BCUT2D eigenvalue weighted by molar-refractivity contribution is 7.93. The molecule has 0 aromatic heterocycles. The minimum absolute atomic E-state index is 0.413. The first-order valence-corrected chi connectivity index (χ1v) is 9.57. The smallest absolute Gasteiger partial charge is 0.235 e. The number of sulfonamides is 1. The van der Waals surface area contributed by atoms with Gasteiger partial charge in [-0.25, -0.2) is 8.42 Å². The molecular formula is C18H35NO2S. The molecule has 0 heterocycles. The highest BCUT2D eigenvalue weighted by Gasteiger charge is 2.14. The Morgan fingerprint density at radius 2 is 1.45 bits per heavy atom. The van der Waals surface area contributed by atoms with Gasteiger partial charge in [0, 0.05) is 5.69 Å². The van der Waals surface area contributed by atoms with Gasteiger partial charge in [0.25, 0.3) is 0 Å². The number of nitrogens with one attached hydrogen (secondary N) is 1. The summed E-state index contributed by atoms with van der Waals surface area (Å²) < 4.78 is 25.5. The minimum Gasteiger partial charge on any atom is -0.283 e. The van der Waals surface area contributed by atoms with Crippen LogP contribution in [0.2, 0.25) is 0 Å².